The first-order valence-corrected chi connectivity index (χ1v) is 5.02. The van der Waals surface area contributed by atoms with E-state index >= 15 is 0 Å². The SMILES string of the molecule is O=c1[nH]c(O)c([C@H](O)c2ccccc2O)c(=O)[nH]1. The molecule has 0 fully saturated rings. The molecule has 18 heavy (non-hydrogen) atoms. The molecule has 0 spiro atoms. The van der Waals surface area contributed by atoms with Gasteiger partial charge in [0.25, 0.3) is 5.56 Å². The lowest BCUT2D eigenvalue weighted by molar-refractivity contribution is 0.207. The molecule has 0 aliphatic carbocycles. The Hall–Kier alpha value is -2.54. The predicted molar refractivity (Wildman–Crippen MR) is 61.5 cm³/mol. The Balaban J connectivity index is 2.60. The van der Waals surface area contributed by atoms with Crippen LogP contribution in [0.15, 0.2) is 33.9 Å². The molecule has 7 heteroatoms. The standard InChI is InChI=1S/C11H10N2O5/c14-6-4-2-1-3-5(6)8(15)7-9(16)12-11(18)13-10(7)17/h1-4,8,14-15H,(H3,12,13,16,17,18)/t8-/m1/s1. The van der Waals surface area contributed by atoms with Gasteiger partial charge in [0.15, 0.2) is 0 Å². The lowest BCUT2D eigenvalue weighted by Crippen LogP contribution is -2.27. The van der Waals surface area contributed by atoms with E-state index in [9.17, 15) is 24.9 Å². The summed E-state index contributed by atoms with van der Waals surface area (Å²) in [5.41, 5.74) is -2.20. The maximum atomic E-state index is 11.5. The summed E-state index contributed by atoms with van der Waals surface area (Å²) in [6.45, 7) is 0. The third-order valence-corrected chi connectivity index (χ3v) is 2.46. The number of aliphatic hydroxyl groups is 1. The zero-order chi connectivity index (χ0) is 13.3. The monoisotopic (exact) mass is 250 g/mol. The highest BCUT2D eigenvalue weighted by molar-refractivity contribution is 5.40. The second-order valence-electron chi connectivity index (χ2n) is 3.63. The molecule has 1 atom stereocenters. The molecule has 0 bridgehead atoms. The summed E-state index contributed by atoms with van der Waals surface area (Å²) in [5, 5.41) is 29.0. The molecule has 94 valence electrons. The third-order valence-electron chi connectivity index (χ3n) is 2.46. The van der Waals surface area contributed by atoms with Crippen LogP contribution in [0.1, 0.15) is 17.2 Å². The van der Waals surface area contributed by atoms with Crippen LogP contribution < -0.4 is 11.2 Å². The molecule has 0 aliphatic rings. The van der Waals surface area contributed by atoms with Gasteiger partial charge in [0.2, 0.25) is 5.88 Å². The number of phenolic OH excluding ortho intramolecular Hbond substituents is 1. The van der Waals surface area contributed by atoms with E-state index < -0.39 is 28.8 Å². The first-order valence-electron chi connectivity index (χ1n) is 5.02. The molecule has 0 unspecified atom stereocenters. The largest absolute Gasteiger partial charge is 0.508 e. The van der Waals surface area contributed by atoms with Crippen molar-refractivity contribution in [2.75, 3.05) is 0 Å². The van der Waals surface area contributed by atoms with Gasteiger partial charge in [-0.3, -0.25) is 14.8 Å². The molecular formula is C11H10N2O5. The number of H-pyrrole nitrogens is 2. The predicted octanol–water partition coefficient (Wildman–Crippen LogP) is -0.444. The van der Waals surface area contributed by atoms with Crippen LogP contribution in [0.3, 0.4) is 0 Å². The fourth-order valence-electron chi connectivity index (χ4n) is 1.61. The lowest BCUT2D eigenvalue weighted by Gasteiger charge is -2.12. The van der Waals surface area contributed by atoms with Gasteiger partial charge in [0.05, 0.1) is 0 Å². The van der Waals surface area contributed by atoms with E-state index in [0.29, 0.717) is 0 Å². The van der Waals surface area contributed by atoms with Crippen LogP contribution in [0.5, 0.6) is 11.6 Å². The quantitative estimate of drug-likeness (QED) is 0.493. The van der Waals surface area contributed by atoms with Gasteiger partial charge >= 0.3 is 5.69 Å². The maximum absolute atomic E-state index is 11.5. The maximum Gasteiger partial charge on any atom is 0.328 e. The average Bonchev–Trinajstić information content (AvgIpc) is 2.27. The smallest absolute Gasteiger partial charge is 0.328 e. The second-order valence-corrected chi connectivity index (χ2v) is 3.63. The Morgan fingerprint density at radius 3 is 2.33 bits per heavy atom. The topological polar surface area (TPSA) is 126 Å². The van der Waals surface area contributed by atoms with E-state index in [-0.39, 0.29) is 11.3 Å². The Labute approximate surface area is 100.0 Å². The Bertz CT molecular complexity index is 688. The summed E-state index contributed by atoms with van der Waals surface area (Å²) >= 11 is 0. The number of rotatable bonds is 2. The number of para-hydroxylation sites is 1. The number of aliphatic hydroxyl groups excluding tert-OH is 1. The number of hydrogen-bond donors (Lipinski definition) is 5. The highest BCUT2D eigenvalue weighted by atomic mass is 16.3. The van der Waals surface area contributed by atoms with E-state index in [1.54, 1.807) is 12.1 Å². The molecule has 2 rings (SSSR count). The molecule has 0 saturated carbocycles. The fraction of sp³-hybridized carbons (Fsp3) is 0.0909. The van der Waals surface area contributed by atoms with Gasteiger partial charge in [-0.1, -0.05) is 18.2 Å². The van der Waals surface area contributed by atoms with Crippen molar-refractivity contribution in [1.29, 1.82) is 0 Å². The molecule has 0 amide bonds. The number of aromatic nitrogens is 2. The summed E-state index contributed by atoms with van der Waals surface area (Å²) in [5.74, 6) is -0.963. The van der Waals surface area contributed by atoms with Gasteiger partial charge in [0.1, 0.15) is 17.4 Å². The first-order chi connectivity index (χ1) is 8.50. The summed E-state index contributed by atoms with van der Waals surface area (Å²) in [7, 11) is 0. The van der Waals surface area contributed by atoms with Crippen molar-refractivity contribution >= 4 is 0 Å². The van der Waals surface area contributed by atoms with Gasteiger partial charge in [-0.05, 0) is 6.07 Å². The van der Waals surface area contributed by atoms with Crippen LogP contribution in [0.2, 0.25) is 0 Å². The number of phenols is 1. The van der Waals surface area contributed by atoms with Crippen LogP contribution in [0.25, 0.3) is 0 Å². The van der Waals surface area contributed by atoms with Crippen molar-refractivity contribution in [2.24, 2.45) is 0 Å². The molecule has 0 radical (unpaired) electrons. The molecule has 0 saturated heterocycles. The molecule has 7 nitrogen and oxygen atoms in total. The van der Waals surface area contributed by atoms with Crippen molar-refractivity contribution in [1.82, 2.24) is 9.97 Å². The van der Waals surface area contributed by atoms with Gasteiger partial charge < -0.3 is 15.3 Å². The number of benzene rings is 1. The van der Waals surface area contributed by atoms with E-state index in [4.69, 9.17) is 0 Å². The van der Waals surface area contributed by atoms with E-state index in [1.807, 2.05) is 9.97 Å². The second kappa shape index (κ2) is 4.38. The third kappa shape index (κ3) is 1.98. The highest BCUT2D eigenvalue weighted by Gasteiger charge is 2.22. The zero-order valence-corrected chi connectivity index (χ0v) is 9.04. The van der Waals surface area contributed by atoms with E-state index in [1.165, 1.54) is 12.1 Å². The van der Waals surface area contributed by atoms with Gasteiger partial charge in [-0.15, -0.1) is 0 Å². The van der Waals surface area contributed by atoms with Crippen molar-refractivity contribution in [3.8, 4) is 11.6 Å². The van der Waals surface area contributed by atoms with Crippen LogP contribution in [-0.4, -0.2) is 25.3 Å². The lowest BCUT2D eigenvalue weighted by atomic mass is 10.0. The molecule has 5 N–H and O–H groups in total. The molecule has 0 aliphatic heterocycles. The molecule has 1 aromatic carbocycles. The Kier molecular flexibility index (Phi) is 2.90. The number of hydrogen-bond acceptors (Lipinski definition) is 5. The Morgan fingerprint density at radius 1 is 1.06 bits per heavy atom. The zero-order valence-electron chi connectivity index (χ0n) is 9.04. The Morgan fingerprint density at radius 2 is 1.72 bits per heavy atom. The summed E-state index contributed by atoms with van der Waals surface area (Å²) in [4.78, 5) is 26.2. The van der Waals surface area contributed by atoms with E-state index in [0.717, 1.165) is 0 Å². The van der Waals surface area contributed by atoms with Crippen molar-refractivity contribution in [3.05, 3.63) is 56.2 Å². The minimum Gasteiger partial charge on any atom is -0.508 e. The van der Waals surface area contributed by atoms with Gasteiger partial charge in [-0.2, -0.15) is 0 Å². The van der Waals surface area contributed by atoms with Crippen LogP contribution in [0, 0.1) is 0 Å². The van der Waals surface area contributed by atoms with Crippen LogP contribution in [-0.2, 0) is 0 Å². The van der Waals surface area contributed by atoms with E-state index in [2.05, 4.69) is 0 Å². The van der Waals surface area contributed by atoms with Crippen molar-refractivity contribution in [2.45, 2.75) is 6.10 Å². The summed E-state index contributed by atoms with van der Waals surface area (Å²) in [6, 6.07) is 5.82. The molecular weight excluding hydrogens is 240 g/mol. The first kappa shape index (κ1) is 11.9. The molecule has 1 aromatic heterocycles. The normalized spacial score (nSPS) is 12.3. The molecule has 2 aromatic rings. The number of aromatic hydroxyl groups is 2. The van der Waals surface area contributed by atoms with Crippen molar-refractivity contribution in [3.63, 3.8) is 0 Å². The number of nitrogens with one attached hydrogen (secondary N) is 2. The minimum atomic E-state index is -1.55. The van der Waals surface area contributed by atoms with Crippen LogP contribution >= 0.6 is 0 Å². The highest BCUT2D eigenvalue weighted by Crippen LogP contribution is 2.29. The van der Waals surface area contributed by atoms with Gasteiger partial charge in [-0.25, -0.2) is 4.79 Å². The summed E-state index contributed by atoms with van der Waals surface area (Å²) < 4.78 is 0. The van der Waals surface area contributed by atoms with Crippen LogP contribution in [0.4, 0.5) is 0 Å². The summed E-state index contributed by atoms with van der Waals surface area (Å²) in [6.07, 6.45) is -1.55. The van der Waals surface area contributed by atoms with Gasteiger partial charge in [0, 0.05) is 5.56 Å². The van der Waals surface area contributed by atoms with Crippen molar-refractivity contribution < 1.29 is 15.3 Å². The molecule has 1 heterocycles. The number of aromatic amines is 2. The average molecular weight is 250 g/mol. The fourth-order valence-corrected chi connectivity index (χ4v) is 1.61. The minimum absolute atomic E-state index is 0.0466.